The van der Waals surface area contributed by atoms with Crippen LogP contribution in [0.25, 0.3) is 0 Å². The molecule has 3 nitrogen and oxygen atoms in total. The maximum atomic E-state index is 11.1. The fourth-order valence-electron chi connectivity index (χ4n) is 10.6. The summed E-state index contributed by atoms with van der Waals surface area (Å²) in [5.74, 6) is 5.72. The van der Waals surface area contributed by atoms with Crippen LogP contribution >= 0.6 is 0 Å². The third-order valence-corrected chi connectivity index (χ3v) is 13.5. The van der Waals surface area contributed by atoms with Gasteiger partial charge in [0.15, 0.2) is 0 Å². The lowest BCUT2D eigenvalue weighted by molar-refractivity contribution is -0.403. The minimum absolute atomic E-state index is 0.399. The van der Waals surface area contributed by atoms with Crippen LogP contribution in [-0.4, -0.2) is 22.4 Å². The fraction of sp³-hybridized carbons (Fsp3) is 0.933. The highest BCUT2D eigenvalue weighted by Gasteiger charge is 2.81. The van der Waals surface area contributed by atoms with Gasteiger partial charge < -0.3 is 5.11 Å². The van der Waals surface area contributed by atoms with Crippen LogP contribution in [-0.2, 0) is 9.78 Å². The Kier molecular flexibility index (Phi) is 4.53. The van der Waals surface area contributed by atoms with Gasteiger partial charge in [-0.1, -0.05) is 39.8 Å². The summed E-state index contributed by atoms with van der Waals surface area (Å²) in [6.45, 7) is 18.1. The average molecular weight is 457 g/mol. The molecule has 0 amide bonds. The molecule has 3 heteroatoms. The summed E-state index contributed by atoms with van der Waals surface area (Å²) in [5, 5.41) is 11.1. The van der Waals surface area contributed by atoms with Gasteiger partial charge in [-0.25, -0.2) is 9.78 Å². The predicted molar refractivity (Wildman–Crippen MR) is 131 cm³/mol. The number of allylic oxidation sites excluding steroid dienone is 1. The molecule has 1 N–H and O–H groups in total. The average Bonchev–Trinajstić information content (AvgIpc) is 3.19. The molecule has 6 unspecified atom stereocenters. The Morgan fingerprint density at radius 3 is 1.76 bits per heavy atom. The van der Waals surface area contributed by atoms with E-state index in [9.17, 15) is 5.11 Å². The van der Waals surface area contributed by atoms with E-state index < -0.39 is 17.3 Å². The highest BCUT2D eigenvalue weighted by atomic mass is 17.2. The van der Waals surface area contributed by atoms with Crippen molar-refractivity contribution in [3.8, 4) is 0 Å². The Morgan fingerprint density at radius 2 is 1.30 bits per heavy atom. The first-order chi connectivity index (χ1) is 15.2. The van der Waals surface area contributed by atoms with Gasteiger partial charge in [0.05, 0.1) is 6.10 Å². The minimum Gasteiger partial charge on any atom is -0.390 e. The molecule has 8 bridgehead atoms. The largest absolute Gasteiger partial charge is 0.390 e. The zero-order valence-corrected chi connectivity index (χ0v) is 22.4. The highest BCUT2D eigenvalue weighted by Crippen LogP contribution is 2.87. The SMILES string of the molecule is CC(C)(/C=C/CC1(C)C2CC3C(C2)C31C)OOC(C)(C)[C@H](O)CCC1(C)C2CC3C(C2)C31C. The molecular weight excluding hydrogens is 408 g/mol. The molecule has 0 aliphatic heterocycles. The number of aliphatic hydroxyl groups is 1. The summed E-state index contributed by atoms with van der Waals surface area (Å²) in [7, 11) is 0. The minimum atomic E-state index is -0.722. The summed E-state index contributed by atoms with van der Waals surface area (Å²) < 4.78 is 0. The van der Waals surface area contributed by atoms with E-state index in [-0.39, 0.29) is 0 Å². The number of hydrogen-bond donors (Lipinski definition) is 1. The standard InChI is InChI=1S/C30H48O3/c1-25(2,11-9-12-27(5)18-14-20-21(15-18)29(20,27)7)32-33-26(3,4)24(31)10-13-28(6)19-16-22-23(17-19)30(22,28)8/h9,11,18-24,31H,10,12-17H2,1-8H3/b11-9+/t18?,19?,20?,21?,22?,23?,24-,27?,28?,29?,30?/m1/s1. The molecule has 186 valence electrons. The van der Waals surface area contributed by atoms with Gasteiger partial charge in [0.25, 0.3) is 0 Å². The summed E-state index contributed by atoms with van der Waals surface area (Å²) in [5.41, 5.74) is 0.755. The molecule has 0 spiro atoms. The first-order valence-electron chi connectivity index (χ1n) is 13.9. The van der Waals surface area contributed by atoms with Gasteiger partial charge in [0.1, 0.15) is 11.2 Å². The molecule has 0 aromatic heterocycles. The molecular formula is C30H48O3. The lowest BCUT2D eigenvalue weighted by Crippen LogP contribution is -2.42. The van der Waals surface area contributed by atoms with Gasteiger partial charge >= 0.3 is 0 Å². The zero-order chi connectivity index (χ0) is 23.8. The van der Waals surface area contributed by atoms with E-state index in [1.807, 2.05) is 13.8 Å². The molecule has 0 heterocycles. The fourth-order valence-corrected chi connectivity index (χ4v) is 10.6. The molecule has 33 heavy (non-hydrogen) atoms. The lowest BCUT2D eigenvalue weighted by Gasteiger charge is -2.38. The van der Waals surface area contributed by atoms with Gasteiger partial charge in [0, 0.05) is 0 Å². The molecule has 8 rings (SSSR count). The smallest absolute Gasteiger partial charge is 0.124 e. The highest BCUT2D eigenvalue weighted by molar-refractivity contribution is 5.30. The van der Waals surface area contributed by atoms with Gasteiger partial charge in [-0.3, -0.25) is 0 Å². The molecule has 0 radical (unpaired) electrons. The summed E-state index contributed by atoms with van der Waals surface area (Å²) in [6, 6.07) is 0. The topological polar surface area (TPSA) is 38.7 Å². The number of hydrogen-bond acceptors (Lipinski definition) is 3. The second-order valence-electron chi connectivity index (χ2n) is 15.2. The molecule has 7 atom stereocenters. The molecule has 8 aliphatic rings. The number of rotatable bonds is 10. The van der Waals surface area contributed by atoms with Crippen molar-refractivity contribution in [3.05, 3.63) is 12.2 Å². The summed E-state index contributed by atoms with van der Waals surface area (Å²) in [4.78, 5) is 11.9. The Bertz CT molecular complexity index is 848. The molecule has 0 aromatic rings. The predicted octanol–water partition coefficient (Wildman–Crippen LogP) is 6.94. The molecule has 0 saturated heterocycles. The second-order valence-corrected chi connectivity index (χ2v) is 15.2. The van der Waals surface area contributed by atoms with Crippen molar-refractivity contribution in [2.75, 3.05) is 0 Å². The zero-order valence-electron chi connectivity index (χ0n) is 22.4. The molecule has 8 saturated carbocycles. The Labute approximate surface area is 202 Å². The van der Waals surface area contributed by atoms with E-state index >= 15 is 0 Å². The van der Waals surface area contributed by atoms with E-state index in [1.54, 1.807) is 0 Å². The molecule has 8 aliphatic carbocycles. The van der Waals surface area contributed by atoms with Crippen molar-refractivity contribution < 1.29 is 14.9 Å². The third-order valence-electron chi connectivity index (χ3n) is 13.5. The van der Waals surface area contributed by atoms with Crippen molar-refractivity contribution >= 4 is 0 Å². The van der Waals surface area contributed by atoms with Crippen LogP contribution in [0, 0.1) is 57.2 Å². The Morgan fingerprint density at radius 1 is 0.818 bits per heavy atom. The van der Waals surface area contributed by atoms with Crippen LogP contribution in [0.1, 0.15) is 100 Å². The van der Waals surface area contributed by atoms with E-state index in [2.05, 4.69) is 53.7 Å². The van der Waals surface area contributed by atoms with E-state index in [4.69, 9.17) is 9.78 Å². The van der Waals surface area contributed by atoms with Gasteiger partial charge in [-0.15, -0.1) is 0 Å². The van der Waals surface area contributed by atoms with Gasteiger partial charge in [0.2, 0.25) is 0 Å². The van der Waals surface area contributed by atoms with Crippen molar-refractivity contribution in [1.29, 1.82) is 0 Å². The maximum absolute atomic E-state index is 11.1. The molecule has 0 aromatic carbocycles. The Balaban J connectivity index is 1.00. The maximum Gasteiger partial charge on any atom is 0.124 e. The first-order valence-corrected chi connectivity index (χ1v) is 13.9. The second kappa shape index (κ2) is 6.48. The van der Waals surface area contributed by atoms with Gasteiger partial charge in [-0.2, -0.15) is 0 Å². The van der Waals surface area contributed by atoms with E-state index in [1.165, 1.54) is 25.7 Å². The quantitative estimate of drug-likeness (QED) is 0.220. The first kappa shape index (κ1) is 23.0. The van der Waals surface area contributed by atoms with Crippen LogP contribution in [0.15, 0.2) is 12.2 Å². The lowest BCUT2D eigenvalue weighted by atomic mass is 9.70. The van der Waals surface area contributed by atoms with Crippen molar-refractivity contribution in [2.24, 2.45) is 57.2 Å². The van der Waals surface area contributed by atoms with Crippen molar-refractivity contribution in [1.82, 2.24) is 0 Å². The summed E-state index contributed by atoms with van der Waals surface area (Å²) in [6.07, 6.45) is 12.8. The van der Waals surface area contributed by atoms with Gasteiger partial charge in [-0.05, 0) is 130 Å². The van der Waals surface area contributed by atoms with E-state index in [0.717, 1.165) is 54.8 Å². The normalized spacial score (nSPS) is 54.0. The van der Waals surface area contributed by atoms with Crippen molar-refractivity contribution in [3.63, 3.8) is 0 Å². The van der Waals surface area contributed by atoms with Crippen LogP contribution in [0.3, 0.4) is 0 Å². The van der Waals surface area contributed by atoms with E-state index in [0.29, 0.717) is 21.7 Å². The third kappa shape index (κ3) is 2.74. The monoisotopic (exact) mass is 456 g/mol. The van der Waals surface area contributed by atoms with Crippen molar-refractivity contribution in [2.45, 2.75) is 118 Å². The van der Waals surface area contributed by atoms with Crippen LogP contribution < -0.4 is 0 Å². The molecule has 8 fully saturated rings. The summed E-state index contributed by atoms with van der Waals surface area (Å²) >= 11 is 0. The van der Waals surface area contributed by atoms with Crippen LogP contribution in [0.5, 0.6) is 0 Å². The number of aliphatic hydroxyl groups excluding tert-OH is 1. The van der Waals surface area contributed by atoms with Crippen LogP contribution in [0.4, 0.5) is 0 Å². The van der Waals surface area contributed by atoms with Crippen LogP contribution in [0.2, 0.25) is 0 Å². The Hall–Kier alpha value is -0.380.